The molecule has 1 amide bonds. The summed E-state index contributed by atoms with van der Waals surface area (Å²) in [5.41, 5.74) is 0. The normalized spacial score (nSPS) is 11.9. The molecular weight excluding hydrogens is 305 g/mol. The van der Waals surface area contributed by atoms with Crippen LogP contribution in [-0.4, -0.2) is 23.9 Å². The van der Waals surface area contributed by atoms with E-state index in [0.29, 0.717) is 22.1 Å². The second-order valence-corrected chi connectivity index (χ2v) is 5.28. The average molecular weight is 321 g/mol. The molecule has 0 aromatic heterocycles. The first-order valence-corrected chi connectivity index (χ1v) is 6.70. The summed E-state index contributed by atoms with van der Waals surface area (Å²) in [6.07, 6.45) is 0.971. The van der Waals surface area contributed by atoms with Crippen LogP contribution in [0.5, 0.6) is 5.75 Å². The van der Waals surface area contributed by atoms with Gasteiger partial charge >= 0.3 is 0 Å². The summed E-state index contributed by atoms with van der Waals surface area (Å²) in [4.78, 5) is 11.7. The van der Waals surface area contributed by atoms with Crippen LogP contribution < -0.4 is 10.1 Å². The summed E-state index contributed by atoms with van der Waals surface area (Å²) < 4.78 is 5.30. The van der Waals surface area contributed by atoms with Crippen LogP contribution in [0.25, 0.3) is 0 Å². The van der Waals surface area contributed by atoms with Crippen LogP contribution in [0.15, 0.2) is 24.3 Å². The topological polar surface area (TPSA) is 38.3 Å². The second kappa shape index (κ2) is 7.56. The fourth-order valence-electron chi connectivity index (χ4n) is 1.10. The van der Waals surface area contributed by atoms with E-state index >= 15 is 0 Å². The SMILES string of the molecule is CCC(Br)CNC(=O)COc1ccc(Cl)cc1. The molecule has 1 rings (SSSR count). The van der Waals surface area contributed by atoms with Crippen molar-refractivity contribution >= 4 is 33.4 Å². The van der Waals surface area contributed by atoms with Crippen molar-refractivity contribution in [3.05, 3.63) is 29.3 Å². The number of hydrogen-bond acceptors (Lipinski definition) is 2. The maximum absolute atomic E-state index is 11.4. The third-order valence-electron chi connectivity index (χ3n) is 2.15. The Morgan fingerprint density at radius 1 is 1.47 bits per heavy atom. The van der Waals surface area contributed by atoms with Gasteiger partial charge in [-0.05, 0) is 30.7 Å². The highest BCUT2D eigenvalue weighted by Gasteiger charge is 2.05. The summed E-state index contributed by atoms with van der Waals surface area (Å²) in [6, 6.07) is 6.91. The Balaban J connectivity index is 2.26. The van der Waals surface area contributed by atoms with E-state index in [1.54, 1.807) is 24.3 Å². The van der Waals surface area contributed by atoms with Gasteiger partial charge in [0.2, 0.25) is 0 Å². The number of nitrogens with one attached hydrogen (secondary N) is 1. The van der Waals surface area contributed by atoms with E-state index in [2.05, 4.69) is 28.2 Å². The highest BCUT2D eigenvalue weighted by molar-refractivity contribution is 9.09. The molecular formula is C12H15BrClNO2. The molecule has 17 heavy (non-hydrogen) atoms. The molecule has 0 saturated carbocycles. The van der Waals surface area contributed by atoms with Crippen LogP contribution >= 0.6 is 27.5 Å². The predicted molar refractivity (Wildman–Crippen MR) is 73.0 cm³/mol. The molecule has 94 valence electrons. The van der Waals surface area contributed by atoms with Crippen molar-refractivity contribution < 1.29 is 9.53 Å². The lowest BCUT2D eigenvalue weighted by molar-refractivity contribution is -0.123. The van der Waals surface area contributed by atoms with Gasteiger partial charge in [-0.2, -0.15) is 0 Å². The van der Waals surface area contributed by atoms with E-state index in [1.165, 1.54) is 0 Å². The number of carbonyl (C=O) groups is 1. The smallest absolute Gasteiger partial charge is 0.257 e. The van der Waals surface area contributed by atoms with Gasteiger partial charge in [-0.3, -0.25) is 4.79 Å². The number of alkyl halides is 1. The van der Waals surface area contributed by atoms with Gasteiger partial charge in [0.25, 0.3) is 5.91 Å². The zero-order chi connectivity index (χ0) is 12.7. The Labute approximate surface area is 115 Å². The minimum atomic E-state index is -0.127. The zero-order valence-electron chi connectivity index (χ0n) is 9.58. The lowest BCUT2D eigenvalue weighted by atomic mass is 10.3. The molecule has 0 radical (unpaired) electrons. The lowest BCUT2D eigenvalue weighted by Gasteiger charge is -2.09. The summed E-state index contributed by atoms with van der Waals surface area (Å²) in [7, 11) is 0. The Hall–Kier alpha value is -0.740. The third kappa shape index (κ3) is 5.94. The van der Waals surface area contributed by atoms with Crippen LogP contribution in [0.4, 0.5) is 0 Å². The fraction of sp³-hybridized carbons (Fsp3) is 0.417. The fourth-order valence-corrected chi connectivity index (χ4v) is 1.39. The molecule has 1 N–H and O–H groups in total. The van der Waals surface area contributed by atoms with Crippen LogP contribution in [-0.2, 0) is 4.79 Å². The monoisotopic (exact) mass is 319 g/mol. The zero-order valence-corrected chi connectivity index (χ0v) is 11.9. The van der Waals surface area contributed by atoms with Gasteiger partial charge in [-0.25, -0.2) is 0 Å². The number of ether oxygens (including phenoxy) is 1. The first-order valence-electron chi connectivity index (χ1n) is 5.41. The Bertz CT molecular complexity index is 356. The number of amides is 1. The summed E-state index contributed by atoms with van der Waals surface area (Å²) in [5.74, 6) is 0.508. The van der Waals surface area contributed by atoms with Gasteiger partial charge < -0.3 is 10.1 Å². The quantitative estimate of drug-likeness (QED) is 0.818. The Kier molecular flexibility index (Phi) is 6.37. The molecule has 3 nitrogen and oxygen atoms in total. The minimum Gasteiger partial charge on any atom is -0.484 e. The molecule has 1 unspecified atom stereocenters. The van der Waals surface area contributed by atoms with Crippen LogP contribution in [0.1, 0.15) is 13.3 Å². The molecule has 0 saturated heterocycles. The van der Waals surface area contributed by atoms with Crippen LogP contribution in [0, 0.1) is 0 Å². The minimum absolute atomic E-state index is 0.0189. The van der Waals surface area contributed by atoms with Crippen molar-refractivity contribution in [1.82, 2.24) is 5.32 Å². The standard InChI is InChI=1S/C12H15BrClNO2/c1-2-9(13)7-15-12(16)8-17-11-5-3-10(14)4-6-11/h3-6,9H,2,7-8H2,1H3,(H,15,16). The number of halogens is 2. The largest absolute Gasteiger partial charge is 0.484 e. The van der Waals surface area contributed by atoms with Crippen molar-refractivity contribution in [2.24, 2.45) is 0 Å². The van der Waals surface area contributed by atoms with Gasteiger partial charge in [-0.15, -0.1) is 0 Å². The van der Waals surface area contributed by atoms with Gasteiger partial charge in [0.05, 0.1) is 0 Å². The number of hydrogen-bond donors (Lipinski definition) is 1. The molecule has 0 aliphatic rings. The third-order valence-corrected chi connectivity index (χ3v) is 3.37. The molecule has 0 fully saturated rings. The van der Waals surface area contributed by atoms with Crippen molar-refractivity contribution in [3.63, 3.8) is 0 Å². The Morgan fingerprint density at radius 3 is 2.71 bits per heavy atom. The van der Waals surface area contributed by atoms with E-state index in [0.717, 1.165) is 6.42 Å². The first kappa shape index (κ1) is 14.3. The van der Waals surface area contributed by atoms with Gasteiger partial charge in [0.1, 0.15) is 5.75 Å². The average Bonchev–Trinajstić information content (AvgIpc) is 2.35. The van der Waals surface area contributed by atoms with Crippen LogP contribution in [0.3, 0.4) is 0 Å². The maximum Gasteiger partial charge on any atom is 0.257 e. The summed E-state index contributed by atoms with van der Waals surface area (Å²) in [5, 5.41) is 3.42. The highest BCUT2D eigenvalue weighted by Crippen LogP contribution is 2.15. The first-order chi connectivity index (χ1) is 8.11. The molecule has 0 aliphatic heterocycles. The van der Waals surface area contributed by atoms with Crippen molar-refractivity contribution in [3.8, 4) is 5.75 Å². The molecule has 1 aromatic rings. The van der Waals surface area contributed by atoms with Crippen LogP contribution in [0.2, 0.25) is 5.02 Å². The molecule has 0 spiro atoms. The lowest BCUT2D eigenvalue weighted by Crippen LogP contribution is -2.33. The Morgan fingerprint density at radius 2 is 2.12 bits per heavy atom. The second-order valence-electron chi connectivity index (χ2n) is 3.55. The van der Waals surface area contributed by atoms with E-state index in [4.69, 9.17) is 16.3 Å². The van der Waals surface area contributed by atoms with Gasteiger partial charge in [-0.1, -0.05) is 34.5 Å². The number of benzene rings is 1. The van der Waals surface area contributed by atoms with Gasteiger partial charge in [0, 0.05) is 16.4 Å². The molecule has 0 bridgehead atoms. The number of carbonyl (C=O) groups excluding carboxylic acids is 1. The van der Waals surface area contributed by atoms with Crippen molar-refractivity contribution in [1.29, 1.82) is 0 Å². The molecule has 0 aliphatic carbocycles. The van der Waals surface area contributed by atoms with Crippen molar-refractivity contribution in [2.45, 2.75) is 18.2 Å². The van der Waals surface area contributed by atoms with E-state index in [9.17, 15) is 4.79 Å². The van der Waals surface area contributed by atoms with E-state index in [1.807, 2.05) is 0 Å². The predicted octanol–water partition coefficient (Wildman–Crippen LogP) is 3.01. The van der Waals surface area contributed by atoms with E-state index in [-0.39, 0.29) is 12.5 Å². The molecule has 1 aromatic carbocycles. The van der Waals surface area contributed by atoms with E-state index < -0.39 is 0 Å². The molecule has 1 atom stereocenters. The maximum atomic E-state index is 11.4. The summed E-state index contributed by atoms with van der Waals surface area (Å²) >= 11 is 9.17. The summed E-state index contributed by atoms with van der Waals surface area (Å²) in [6.45, 7) is 2.68. The van der Waals surface area contributed by atoms with Gasteiger partial charge in [0.15, 0.2) is 6.61 Å². The highest BCUT2D eigenvalue weighted by atomic mass is 79.9. The van der Waals surface area contributed by atoms with Crippen molar-refractivity contribution in [2.75, 3.05) is 13.2 Å². The molecule has 0 heterocycles. The number of rotatable bonds is 6. The molecule has 5 heteroatoms.